The highest BCUT2D eigenvalue weighted by atomic mass is 32.2. The first-order valence-corrected chi connectivity index (χ1v) is 9.65. The van der Waals surface area contributed by atoms with Gasteiger partial charge in [-0.3, -0.25) is 9.59 Å². The molecule has 0 aliphatic heterocycles. The van der Waals surface area contributed by atoms with E-state index in [0.29, 0.717) is 17.4 Å². The predicted molar refractivity (Wildman–Crippen MR) is 113 cm³/mol. The number of carbonyl (C=O) groups is 2. The van der Waals surface area contributed by atoms with Gasteiger partial charge < -0.3 is 14.4 Å². The molecule has 1 aromatic carbocycles. The molecule has 27 heavy (non-hydrogen) atoms. The number of thioether (sulfide) groups is 1. The van der Waals surface area contributed by atoms with Crippen molar-refractivity contribution >= 4 is 40.2 Å². The van der Waals surface area contributed by atoms with Crippen LogP contribution in [0.25, 0.3) is 0 Å². The fraction of sp³-hybridized carbons (Fsp3) is 0.350. The van der Waals surface area contributed by atoms with Crippen LogP contribution in [0.2, 0.25) is 0 Å². The first-order valence-electron chi connectivity index (χ1n) is 8.36. The van der Waals surface area contributed by atoms with Crippen LogP contribution in [0.5, 0.6) is 0 Å². The lowest BCUT2D eigenvalue weighted by atomic mass is 9.99. The lowest BCUT2D eigenvalue weighted by molar-refractivity contribution is -0.159. The number of benzene rings is 1. The van der Waals surface area contributed by atoms with E-state index in [2.05, 4.69) is 13.2 Å². The summed E-state index contributed by atoms with van der Waals surface area (Å²) in [6.45, 7) is 8.66. The third-order valence-electron chi connectivity index (χ3n) is 3.79. The highest BCUT2D eigenvalue weighted by molar-refractivity contribution is 8.23. The van der Waals surface area contributed by atoms with Gasteiger partial charge in [-0.2, -0.15) is 0 Å². The molecule has 1 rings (SSSR count). The highest BCUT2D eigenvalue weighted by Gasteiger charge is 2.33. The summed E-state index contributed by atoms with van der Waals surface area (Å²) in [6.07, 6.45) is 3.74. The standard InChI is InChI=1S/C20H25NO4S2/c1-5-12-21(13-6-2)20(26)27-17(15-10-8-7-9-11-15)14-16(18(22)24-3)19(23)25-4/h5-11,16-17H,1-2,12-14H2,3-4H3. The Hall–Kier alpha value is -2.12. The first kappa shape index (κ1) is 22.9. The number of carbonyl (C=O) groups excluding carboxylic acids is 2. The number of ether oxygens (including phenoxy) is 2. The van der Waals surface area contributed by atoms with Crippen molar-refractivity contribution in [3.8, 4) is 0 Å². The molecule has 0 bridgehead atoms. The largest absolute Gasteiger partial charge is 0.468 e. The third-order valence-corrected chi connectivity index (χ3v) is 5.55. The molecule has 1 aromatic rings. The lowest BCUT2D eigenvalue weighted by Gasteiger charge is -2.26. The smallest absolute Gasteiger partial charge is 0.320 e. The molecule has 0 N–H and O–H groups in total. The van der Waals surface area contributed by atoms with E-state index in [1.165, 1.54) is 26.0 Å². The zero-order valence-corrected chi connectivity index (χ0v) is 17.3. The van der Waals surface area contributed by atoms with Crippen LogP contribution >= 0.6 is 24.0 Å². The zero-order valence-electron chi connectivity index (χ0n) is 15.6. The van der Waals surface area contributed by atoms with Crippen molar-refractivity contribution in [1.82, 2.24) is 4.90 Å². The summed E-state index contributed by atoms with van der Waals surface area (Å²) in [6, 6.07) is 9.60. The number of nitrogens with zero attached hydrogens (tertiary/aromatic N) is 1. The Morgan fingerprint density at radius 2 is 1.63 bits per heavy atom. The van der Waals surface area contributed by atoms with Crippen LogP contribution < -0.4 is 0 Å². The molecule has 0 heterocycles. The van der Waals surface area contributed by atoms with Crippen molar-refractivity contribution in [3.63, 3.8) is 0 Å². The molecule has 0 saturated heterocycles. The van der Waals surface area contributed by atoms with E-state index in [9.17, 15) is 9.59 Å². The topological polar surface area (TPSA) is 55.8 Å². The van der Waals surface area contributed by atoms with Crippen LogP contribution in [0.4, 0.5) is 0 Å². The molecular formula is C20H25NO4S2. The van der Waals surface area contributed by atoms with Crippen LogP contribution in [0.3, 0.4) is 0 Å². The average Bonchev–Trinajstić information content (AvgIpc) is 2.70. The Labute approximate surface area is 170 Å². The van der Waals surface area contributed by atoms with Gasteiger partial charge in [0.15, 0.2) is 5.92 Å². The predicted octanol–water partition coefficient (Wildman–Crippen LogP) is 3.77. The third kappa shape index (κ3) is 7.19. The molecule has 0 aliphatic carbocycles. The maximum atomic E-state index is 12.1. The van der Waals surface area contributed by atoms with E-state index in [-0.39, 0.29) is 11.7 Å². The average molecular weight is 408 g/mol. The minimum Gasteiger partial charge on any atom is -0.468 e. The van der Waals surface area contributed by atoms with Gasteiger partial charge in [-0.05, 0) is 12.0 Å². The summed E-state index contributed by atoms with van der Waals surface area (Å²) in [5.41, 5.74) is 0.958. The van der Waals surface area contributed by atoms with Gasteiger partial charge in [-0.25, -0.2) is 0 Å². The maximum absolute atomic E-state index is 12.1. The van der Waals surface area contributed by atoms with E-state index in [1.54, 1.807) is 12.2 Å². The molecule has 146 valence electrons. The molecule has 5 nitrogen and oxygen atoms in total. The lowest BCUT2D eigenvalue weighted by Crippen LogP contribution is -2.30. The molecule has 0 radical (unpaired) electrons. The van der Waals surface area contributed by atoms with E-state index < -0.39 is 17.9 Å². The number of rotatable bonds is 10. The maximum Gasteiger partial charge on any atom is 0.320 e. The van der Waals surface area contributed by atoms with Gasteiger partial charge in [0, 0.05) is 18.3 Å². The van der Waals surface area contributed by atoms with Gasteiger partial charge in [0.05, 0.1) is 14.2 Å². The number of hydrogen-bond acceptors (Lipinski definition) is 6. The fourth-order valence-electron chi connectivity index (χ4n) is 2.44. The molecular weight excluding hydrogens is 382 g/mol. The van der Waals surface area contributed by atoms with Crippen LogP contribution in [-0.4, -0.2) is 48.5 Å². The molecule has 0 spiro atoms. The molecule has 7 heteroatoms. The van der Waals surface area contributed by atoms with Gasteiger partial charge in [0.25, 0.3) is 0 Å². The van der Waals surface area contributed by atoms with Crippen LogP contribution in [0.15, 0.2) is 55.6 Å². The summed E-state index contributed by atoms with van der Waals surface area (Å²) in [5, 5.41) is -0.223. The molecule has 1 atom stereocenters. The SMILES string of the molecule is C=CCN(CC=C)C(=S)SC(CC(C(=O)OC)C(=O)OC)c1ccccc1. The normalized spacial score (nSPS) is 11.4. The molecule has 1 unspecified atom stereocenters. The summed E-state index contributed by atoms with van der Waals surface area (Å²) in [7, 11) is 2.51. The van der Waals surface area contributed by atoms with Crippen molar-refractivity contribution < 1.29 is 19.1 Å². The monoisotopic (exact) mass is 407 g/mol. The molecule has 0 saturated carbocycles. The first-order chi connectivity index (χ1) is 13.0. The minimum absolute atomic E-state index is 0.212. The van der Waals surface area contributed by atoms with E-state index in [0.717, 1.165) is 5.56 Å². The van der Waals surface area contributed by atoms with Crippen LogP contribution in [0.1, 0.15) is 17.2 Å². The Bertz CT molecular complexity index is 637. The minimum atomic E-state index is -1.02. The number of hydrogen-bond donors (Lipinski definition) is 0. The number of methoxy groups -OCH3 is 2. The highest BCUT2D eigenvalue weighted by Crippen LogP contribution is 2.37. The number of esters is 2. The zero-order chi connectivity index (χ0) is 20.2. The molecule has 0 amide bonds. The molecule has 0 aromatic heterocycles. The van der Waals surface area contributed by atoms with Crippen molar-refractivity contribution in [2.45, 2.75) is 11.7 Å². The van der Waals surface area contributed by atoms with Gasteiger partial charge in [0.1, 0.15) is 4.32 Å². The molecule has 0 fully saturated rings. The van der Waals surface area contributed by atoms with Crippen molar-refractivity contribution in [3.05, 3.63) is 61.2 Å². The van der Waals surface area contributed by atoms with Gasteiger partial charge in [0.2, 0.25) is 0 Å². The second kappa shape index (κ2) is 12.3. The second-order valence-corrected chi connectivity index (χ2v) is 7.44. The van der Waals surface area contributed by atoms with E-state index >= 15 is 0 Å². The number of thiocarbonyl (C=S) groups is 1. The summed E-state index contributed by atoms with van der Waals surface area (Å²) >= 11 is 7.00. The Morgan fingerprint density at radius 1 is 1.11 bits per heavy atom. The van der Waals surface area contributed by atoms with Crippen molar-refractivity contribution in [1.29, 1.82) is 0 Å². The van der Waals surface area contributed by atoms with Crippen molar-refractivity contribution in [2.75, 3.05) is 27.3 Å². The fourth-order valence-corrected chi connectivity index (χ4v) is 4.06. The van der Waals surface area contributed by atoms with Gasteiger partial charge in [-0.1, -0.05) is 66.5 Å². The second-order valence-electron chi connectivity index (χ2n) is 5.60. The summed E-state index contributed by atoms with van der Waals surface area (Å²) in [4.78, 5) is 26.1. The summed E-state index contributed by atoms with van der Waals surface area (Å²) in [5.74, 6) is -2.26. The Morgan fingerprint density at radius 3 is 2.07 bits per heavy atom. The van der Waals surface area contributed by atoms with E-state index in [1.807, 2.05) is 35.2 Å². The van der Waals surface area contributed by atoms with Crippen LogP contribution in [0, 0.1) is 5.92 Å². The van der Waals surface area contributed by atoms with E-state index in [4.69, 9.17) is 21.7 Å². The Kier molecular flexibility index (Phi) is 10.4. The molecule has 0 aliphatic rings. The van der Waals surface area contributed by atoms with Gasteiger partial charge >= 0.3 is 11.9 Å². The summed E-state index contributed by atoms with van der Waals surface area (Å²) < 4.78 is 10.2. The quantitative estimate of drug-likeness (QED) is 0.253. The Balaban J connectivity index is 3.11. The van der Waals surface area contributed by atoms with Crippen molar-refractivity contribution in [2.24, 2.45) is 5.92 Å². The van der Waals surface area contributed by atoms with Gasteiger partial charge in [-0.15, -0.1) is 13.2 Å². The van der Waals surface area contributed by atoms with Crippen LogP contribution in [-0.2, 0) is 19.1 Å².